The Labute approximate surface area is 193 Å². The lowest BCUT2D eigenvalue weighted by molar-refractivity contribution is 0.355. The van der Waals surface area contributed by atoms with Crippen LogP contribution >= 0.6 is 0 Å². The maximum atomic E-state index is 5.43. The number of aromatic nitrogens is 4. The molecule has 0 saturated heterocycles. The molecule has 0 amide bonds. The van der Waals surface area contributed by atoms with Crippen molar-refractivity contribution in [3.05, 3.63) is 53.3 Å². The summed E-state index contributed by atoms with van der Waals surface area (Å²) >= 11 is 0. The highest BCUT2D eigenvalue weighted by Crippen LogP contribution is 2.36. The predicted molar refractivity (Wildman–Crippen MR) is 130 cm³/mol. The van der Waals surface area contributed by atoms with Crippen molar-refractivity contribution in [2.24, 2.45) is 7.05 Å². The van der Waals surface area contributed by atoms with Crippen molar-refractivity contribution < 1.29 is 9.47 Å². The molecule has 0 bridgehead atoms. The number of aryl methyl sites for hydroxylation is 3. The van der Waals surface area contributed by atoms with E-state index < -0.39 is 0 Å². The van der Waals surface area contributed by atoms with Gasteiger partial charge in [-0.15, -0.1) is 0 Å². The van der Waals surface area contributed by atoms with Crippen LogP contribution in [0.4, 0.5) is 23.1 Å². The van der Waals surface area contributed by atoms with Gasteiger partial charge in [-0.1, -0.05) is 0 Å². The molecule has 4 aromatic rings. The largest absolute Gasteiger partial charge is 0.493 e. The average molecular weight is 445 g/mol. The molecular formula is C25H28N6O2. The Morgan fingerprint density at radius 1 is 1.00 bits per heavy atom. The van der Waals surface area contributed by atoms with Crippen LogP contribution in [-0.2, 0) is 19.9 Å². The fourth-order valence-electron chi connectivity index (χ4n) is 4.44. The Kier molecular flexibility index (Phi) is 5.28. The third kappa shape index (κ3) is 3.71. The van der Waals surface area contributed by atoms with Gasteiger partial charge in [0.1, 0.15) is 5.82 Å². The molecule has 33 heavy (non-hydrogen) atoms. The third-order valence-corrected chi connectivity index (χ3v) is 6.37. The second-order valence-electron chi connectivity index (χ2n) is 8.31. The number of hydrogen-bond acceptors (Lipinski definition) is 7. The average Bonchev–Trinajstić information content (AvgIpc) is 3.41. The lowest BCUT2D eigenvalue weighted by Crippen LogP contribution is -2.15. The molecule has 2 heterocycles. The highest BCUT2D eigenvalue weighted by molar-refractivity contribution is 5.86. The molecule has 1 aliphatic rings. The number of ether oxygens (including phenoxy) is 2. The van der Waals surface area contributed by atoms with Gasteiger partial charge in [-0.25, -0.2) is 4.98 Å². The smallest absolute Gasteiger partial charge is 0.229 e. The van der Waals surface area contributed by atoms with Gasteiger partial charge in [0.15, 0.2) is 11.5 Å². The monoisotopic (exact) mass is 444 g/mol. The number of benzene rings is 2. The van der Waals surface area contributed by atoms with Crippen LogP contribution in [0.1, 0.15) is 23.4 Å². The van der Waals surface area contributed by atoms with E-state index in [0.717, 1.165) is 53.4 Å². The van der Waals surface area contributed by atoms with Crippen molar-refractivity contribution in [3.8, 4) is 11.5 Å². The zero-order valence-corrected chi connectivity index (χ0v) is 19.6. The van der Waals surface area contributed by atoms with Gasteiger partial charge < -0.3 is 19.7 Å². The van der Waals surface area contributed by atoms with Crippen molar-refractivity contribution in [2.45, 2.75) is 26.2 Å². The Hall–Kier alpha value is -3.81. The summed E-state index contributed by atoms with van der Waals surface area (Å²) < 4.78 is 12.7. The Morgan fingerprint density at radius 2 is 1.82 bits per heavy atom. The van der Waals surface area contributed by atoms with Crippen molar-refractivity contribution >= 4 is 34.0 Å². The third-order valence-electron chi connectivity index (χ3n) is 6.37. The summed E-state index contributed by atoms with van der Waals surface area (Å²) in [6, 6.07) is 12.1. The fraction of sp³-hybridized carbons (Fsp3) is 0.320. The van der Waals surface area contributed by atoms with Gasteiger partial charge in [-0.3, -0.25) is 4.68 Å². The predicted octanol–water partition coefficient (Wildman–Crippen LogP) is 4.69. The number of methoxy groups -OCH3 is 2. The lowest BCUT2D eigenvalue weighted by Gasteiger charge is -2.22. The maximum absolute atomic E-state index is 5.43. The summed E-state index contributed by atoms with van der Waals surface area (Å²) in [7, 11) is 7.28. The Balaban J connectivity index is 1.52. The molecule has 0 fully saturated rings. The first-order valence-electron chi connectivity index (χ1n) is 11.0. The SMILES string of the molecule is COc1ccc(Nc2nc3c(c(N(C)c4ccc5c(C)n(C)nc5c4)n2)CCC3)cc1OC. The van der Waals surface area contributed by atoms with E-state index in [1.54, 1.807) is 14.2 Å². The molecule has 0 spiro atoms. The quantitative estimate of drug-likeness (QED) is 0.462. The zero-order chi connectivity index (χ0) is 23.1. The molecule has 0 saturated carbocycles. The zero-order valence-electron chi connectivity index (χ0n) is 19.6. The Bertz CT molecular complexity index is 1350. The summed E-state index contributed by atoms with van der Waals surface area (Å²) in [4.78, 5) is 11.9. The van der Waals surface area contributed by atoms with Gasteiger partial charge in [0.2, 0.25) is 5.95 Å². The van der Waals surface area contributed by atoms with Gasteiger partial charge in [0.25, 0.3) is 0 Å². The molecule has 0 aliphatic heterocycles. The molecule has 2 aromatic carbocycles. The number of fused-ring (bicyclic) bond motifs is 2. The number of nitrogens with one attached hydrogen (secondary N) is 1. The molecule has 5 rings (SSSR count). The molecule has 1 N–H and O–H groups in total. The highest BCUT2D eigenvalue weighted by atomic mass is 16.5. The molecule has 0 unspecified atom stereocenters. The minimum atomic E-state index is 0.569. The first kappa shape index (κ1) is 21.1. The van der Waals surface area contributed by atoms with E-state index in [2.05, 4.69) is 47.5 Å². The highest BCUT2D eigenvalue weighted by Gasteiger charge is 2.23. The van der Waals surface area contributed by atoms with Crippen LogP contribution in [0.15, 0.2) is 36.4 Å². The molecular weight excluding hydrogens is 416 g/mol. The molecule has 2 aromatic heterocycles. The molecule has 8 nitrogen and oxygen atoms in total. The molecule has 8 heteroatoms. The number of nitrogens with zero attached hydrogens (tertiary/aromatic N) is 5. The van der Waals surface area contributed by atoms with Crippen LogP contribution in [0.5, 0.6) is 11.5 Å². The number of rotatable bonds is 6. The van der Waals surface area contributed by atoms with Crippen LogP contribution in [0, 0.1) is 6.92 Å². The van der Waals surface area contributed by atoms with Crippen molar-refractivity contribution in [3.63, 3.8) is 0 Å². The van der Waals surface area contributed by atoms with Crippen LogP contribution in [0.25, 0.3) is 10.9 Å². The van der Waals surface area contributed by atoms with Gasteiger partial charge in [-0.05, 0) is 56.5 Å². The maximum Gasteiger partial charge on any atom is 0.229 e. The molecule has 0 radical (unpaired) electrons. The minimum absolute atomic E-state index is 0.569. The topological polar surface area (TPSA) is 77.3 Å². The van der Waals surface area contributed by atoms with Crippen molar-refractivity contribution in [2.75, 3.05) is 31.5 Å². The number of hydrogen-bond donors (Lipinski definition) is 1. The van der Waals surface area contributed by atoms with Gasteiger partial charge in [0.05, 0.1) is 25.4 Å². The summed E-state index contributed by atoms with van der Waals surface area (Å²) in [5.41, 5.74) is 6.34. The minimum Gasteiger partial charge on any atom is -0.493 e. The van der Waals surface area contributed by atoms with Crippen molar-refractivity contribution in [1.82, 2.24) is 19.7 Å². The van der Waals surface area contributed by atoms with E-state index in [4.69, 9.17) is 19.4 Å². The summed E-state index contributed by atoms with van der Waals surface area (Å²) in [5.74, 6) is 2.82. The molecule has 1 aliphatic carbocycles. The van der Waals surface area contributed by atoms with E-state index in [0.29, 0.717) is 17.4 Å². The summed E-state index contributed by atoms with van der Waals surface area (Å²) in [5, 5.41) is 9.16. The van der Waals surface area contributed by atoms with Crippen molar-refractivity contribution in [1.29, 1.82) is 0 Å². The fourth-order valence-corrected chi connectivity index (χ4v) is 4.44. The van der Waals surface area contributed by atoms with E-state index in [9.17, 15) is 0 Å². The second-order valence-corrected chi connectivity index (χ2v) is 8.31. The van der Waals surface area contributed by atoms with E-state index in [1.807, 2.05) is 29.9 Å². The summed E-state index contributed by atoms with van der Waals surface area (Å²) in [6.45, 7) is 2.09. The second kappa shape index (κ2) is 8.27. The summed E-state index contributed by atoms with van der Waals surface area (Å²) in [6.07, 6.45) is 3.03. The van der Waals surface area contributed by atoms with E-state index >= 15 is 0 Å². The standard InChI is InChI=1S/C25H28N6O2/c1-15-18-11-10-17(14-21(18)29-31(15)3)30(2)24-19-7-6-8-20(19)27-25(28-24)26-16-9-12-22(32-4)23(13-16)33-5/h9-14H,6-8H2,1-5H3,(H,26,27,28). The molecule has 170 valence electrons. The van der Waals surface area contributed by atoms with E-state index in [-0.39, 0.29) is 0 Å². The van der Waals surface area contributed by atoms with Crippen LogP contribution in [-0.4, -0.2) is 41.0 Å². The van der Waals surface area contributed by atoms with Crippen LogP contribution in [0.2, 0.25) is 0 Å². The van der Waals surface area contributed by atoms with Crippen LogP contribution < -0.4 is 19.7 Å². The first-order chi connectivity index (χ1) is 16.0. The van der Waals surface area contributed by atoms with Gasteiger partial charge >= 0.3 is 0 Å². The number of anilines is 4. The van der Waals surface area contributed by atoms with Crippen LogP contribution in [0.3, 0.4) is 0 Å². The molecule has 0 atom stereocenters. The lowest BCUT2D eigenvalue weighted by atomic mass is 10.1. The first-order valence-corrected chi connectivity index (χ1v) is 11.0. The Morgan fingerprint density at radius 3 is 2.61 bits per heavy atom. The van der Waals surface area contributed by atoms with E-state index in [1.165, 1.54) is 10.9 Å². The van der Waals surface area contributed by atoms with Gasteiger partial charge in [-0.2, -0.15) is 10.1 Å². The normalized spacial score (nSPS) is 12.6. The van der Waals surface area contributed by atoms with Gasteiger partial charge in [0, 0.05) is 48.2 Å².